The second-order valence-corrected chi connectivity index (χ2v) is 6.82. The van der Waals surface area contributed by atoms with Gasteiger partial charge in [-0.05, 0) is 38.8 Å². The highest BCUT2D eigenvalue weighted by atomic mass is 16.7. The molecule has 0 bridgehead atoms. The average molecular weight is 282 g/mol. The third-order valence-corrected chi connectivity index (χ3v) is 5.44. The summed E-state index contributed by atoms with van der Waals surface area (Å²) in [6.07, 6.45) is 7.48. The Hall–Kier alpha value is -0.160. The highest BCUT2D eigenvalue weighted by Crippen LogP contribution is 2.38. The highest BCUT2D eigenvalue weighted by molar-refractivity contribution is 4.96. The van der Waals surface area contributed by atoms with Gasteiger partial charge in [-0.15, -0.1) is 0 Å². The number of rotatable bonds is 5. The van der Waals surface area contributed by atoms with Crippen LogP contribution in [0.25, 0.3) is 0 Å². The topological polar surface area (TPSA) is 33.7 Å². The van der Waals surface area contributed by atoms with Crippen LogP contribution in [0, 0.1) is 5.92 Å². The largest absolute Gasteiger partial charge is 0.347 e. The molecule has 1 N–H and O–H groups in total. The Balaban J connectivity index is 1.64. The van der Waals surface area contributed by atoms with Gasteiger partial charge in [0.05, 0.1) is 13.2 Å². The minimum atomic E-state index is -0.273. The van der Waals surface area contributed by atoms with E-state index in [1.165, 1.54) is 25.8 Å². The minimum absolute atomic E-state index is 0.273. The van der Waals surface area contributed by atoms with Crippen molar-refractivity contribution in [2.45, 2.75) is 63.3 Å². The van der Waals surface area contributed by atoms with Crippen molar-refractivity contribution in [3.05, 3.63) is 0 Å². The van der Waals surface area contributed by atoms with Crippen LogP contribution in [-0.4, -0.2) is 56.1 Å². The molecule has 20 heavy (non-hydrogen) atoms. The van der Waals surface area contributed by atoms with Crippen molar-refractivity contribution in [1.29, 1.82) is 0 Å². The summed E-state index contributed by atoms with van der Waals surface area (Å²) >= 11 is 0. The normalized spacial score (nSPS) is 33.8. The Kier molecular flexibility index (Phi) is 4.65. The second kappa shape index (κ2) is 6.30. The predicted molar refractivity (Wildman–Crippen MR) is 79.7 cm³/mol. The van der Waals surface area contributed by atoms with E-state index >= 15 is 0 Å². The van der Waals surface area contributed by atoms with Crippen LogP contribution in [0.5, 0.6) is 0 Å². The van der Waals surface area contributed by atoms with Crippen LogP contribution >= 0.6 is 0 Å². The molecule has 0 radical (unpaired) electrons. The first-order chi connectivity index (χ1) is 9.72. The number of nitrogens with zero attached hydrogens (tertiary/aromatic N) is 1. The van der Waals surface area contributed by atoms with Crippen LogP contribution in [0.3, 0.4) is 0 Å². The van der Waals surface area contributed by atoms with Gasteiger partial charge in [0.2, 0.25) is 0 Å². The lowest BCUT2D eigenvalue weighted by molar-refractivity contribution is -0.193. The molecule has 3 fully saturated rings. The van der Waals surface area contributed by atoms with E-state index in [9.17, 15) is 0 Å². The average Bonchev–Trinajstić information content (AvgIpc) is 2.85. The summed E-state index contributed by atoms with van der Waals surface area (Å²) < 4.78 is 11.9. The van der Waals surface area contributed by atoms with E-state index in [2.05, 4.69) is 24.2 Å². The molecule has 3 aliphatic rings. The van der Waals surface area contributed by atoms with Gasteiger partial charge in [0.25, 0.3) is 0 Å². The number of hydrogen-bond donors (Lipinski definition) is 1. The fourth-order valence-electron chi connectivity index (χ4n) is 4.07. The van der Waals surface area contributed by atoms with Crippen LogP contribution in [-0.2, 0) is 9.47 Å². The van der Waals surface area contributed by atoms with Gasteiger partial charge in [-0.3, -0.25) is 0 Å². The van der Waals surface area contributed by atoms with E-state index in [1.807, 2.05) is 0 Å². The summed E-state index contributed by atoms with van der Waals surface area (Å²) in [7, 11) is 2.29. The predicted octanol–water partition coefficient (Wildman–Crippen LogP) is 1.99. The summed E-state index contributed by atoms with van der Waals surface area (Å²) in [5.41, 5.74) is 0. The maximum atomic E-state index is 5.96. The Morgan fingerprint density at radius 3 is 2.55 bits per heavy atom. The molecule has 3 rings (SSSR count). The van der Waals surface area contributed by atoms with Crippen molar-refractivity contribution in [2.24, 2.45) is 5.92 Å². The third kappa shape index (κ3) is 3.03. The molecule has 2 atom stereocenters. The van der Waals surface area contributed by atoms with Gasteiger partial charge in [0, 0.05) is 31.5 Å². The quantitative estimate of drug-likeness (QED) is 0.836. The number of likely N-dealkylation sites (N-methyl/N-ethyl adjacent to an activating group) is 2. The Labute approximate surface area is 123 Å². The zero-order valence-electron chi connectivity index (χ0n) is 13.1. The van der Waals surface area contributed by atoms with Gasteiger partial charge < -0.3 is 19.7 Å². The summed E-state index contributed by atoms with van der Waals surface area (Å²) in [5.74, 6) is 0.648. The fraction of sp³-hybridized carbons (Fsp3) is 1.00. The first kappa shape index (κ1) is 14.8. The van der Waals surface area contributed by atoms with Crippen molar-refractivity contribution >= 4 is 0 Å². The summed E-state index contributed by atoms with van der Waals surface area (Å²) in [4.78, 5) is 2.57. The smallest absolute Gasteiger partial charge is 0.170 e. The molecule has 1 aliphatic heterocycles. The molecule has 1 spiro atoms. The first-order valence-corrected chi connectivity index (χ1v) is 8.44. The molecular formula is C16H30N2O2. The molecule has 1 heterocycles. The standard InChI is InChI=1S/C16H30N2O2/c1-3-17-14-7-8-16(19-9-10-20-16)11-15(14)18(2)12-13-5-4-6-13/h13-15,17H,3-12H2,1-2H3. The molecule has 1 saturated heterocycles. The van der Waals surface area contributed by atoms with Crippen LogP contribution in [0.4, 0.5) is 0 Å². The van der Waals surface area contributed by atoms with Crippen LogP contribution in [0.15, 0.2) is 0 Å². The molecule has 2 unspecified atom stereocenters. The van der Waals surface area contributed by atoms with Gasteiger partial charge >= 0.3 is 0 Å². The molecule has 0 amide bonds. The van der Waals surface area contributed by atoms with E-state index in [4.69, 9.17) is 9.47 Å². The van der Waals surface area contributed by atoms with E-state index in [0.29, 0.717) is 12.1 Å². The first-order valence-electron chi connectivity index (χ1n) is 8.44. The number of hydrogen-bond acceptors (Lipinski definition) is 4. The van der Waals surface area contributed by atoms with Crippen molar-refractivity contribution in [1.82, 2.24) is 10.2 Å². The maximum Gasteiger partial charge on any atom is 0.170 e. The number of ether oxygens (including phenoxy) is 2. The highest BCUT2D eigenvalue weighted by Gasteiger charge is 2.46. The van der Waals surface area contributed by atoms with E-state index in [-0.39, 0.29) is 5.79 Å². The maximum absolute atomic E-state index is 5.96. The van der Waals surface area contributed by atoms with Crippen molar-refractivity contribution in [3.8, 4) is 0 Å². The monoisotopic (exact) mass is 282 g/mol. The second-order valence-electron chi connectivity index (χ2n) is 6.82. The molecule has 0 aromatic rings. The van der Waals surface area contributed by atoms with Crippen molar-refractivity contribution in [3.63, 3.8) is 0 Å². The SMILES string of the molecule is CCNC1CCC2(CC1N(C)CC1CCC1)OCCO2. The fourth-order valence-corrected chi connectivity index (χ4v) is 4.07. The summed E-state index contributed by atoms with van der Waals surface area (Å²) in [6.45, 7) is 6.03. The van der Waals surface area contributed by atoms with E-state index in [1.54, 1.807) is 0 Å². The van der Waals surface area contributed by atoms with Gasteiger partial charge in [-0.25, -0.2) is 0 Å². The molecule has 4 heteroatoms. The van der Waals surface area contributed by atoms with Crippen molar-refractivity contribution < 1.29 is 9.47 Å². The van der Waals surface area contributed by atoms with E-state index in [0.717, 1.165) is 44.9 Å². The molecular weight excluding hydrogens is 252 g/mol. The van der Waals surface area contributed by atoms with Gasteiger partial charge in [-0.2, -0.15) is 0 Å². The molecule has 116 valence electrons. The lowest BCUT2D eigenvalue weighted by atomic mass is 9.81. The number of nitrogens with one attached hydrogen (secondary N) is 1. The van der Waals surface area contributed by atoms with Crippen LogP contribution < -0.4 is 5.32 Å². The zero-order valence-corrected chi connectivity index (χ0v) is 13.1. The summed E-state index contributed by atoms with van der Waals surface area (Å²) in [5, 5.41) is 3.68. The van der Waals surface area contributed by atoms with E-state index < -0.39 is 0 Å². The van der Waals surface area contributed by atoms with Gasteiger partial charge in [-0.1, -0.05) is 13.3 Å². The molecule has 2 aliphatic carbocycles. The van der Waals surface area contributed by atoms with Crippen LogP contribution in [0.2, 0.25) is 0 Å². The third-order valence-electron chi connectivity index (χ3n) is 5.44. The summed E-state index contributed by atoms with van der Waals surface area (Å²) in [6, 6.07) is 1.13. The molecule has 0 aromatic carbocycles. The van der Waals surface area contributed by atoms with Gasteiger partial charge in [0.15, 0.2) is 5.79 Å². The van der Waals surface area contributed by atoms with Crippen LogP contribution in [0.1, 0.15) is 45.4 Å². The Morgan fingerprint density at radius 1 is 1.20 bits per heavy atom. The molecule has 0 aromatic heterocycles. The minimum Gasteiger partial charge on any atom is -0.347 e. The lowest BCUT2D eigenvalue weighted by Crippen LogP contribution is -2.57. The molecule has 2 saturated carbocycles. The Morgan fingerprint density at radius 2 is 1.95 bits per heavy atom. The Bertz CT molecular complexity index is 314. The van der Waals surface area contributed by atoms with Gasteiger partial charge in [0.1, 0.15) is 0 Å². The molecule has 4 nitrogen and oxygen atoms in total. The lowest BCUT2D eigenvalue weighted by Gasteiger charge is -2.46. The zero-order chi connectivity index (χ0) is 14.0. The van der Waals surface area contributed by atoms with Crippen molar-refractivity contribution in [2.75, 3.05) is 33.4 Å².